The zero-order valence-corrected chi connectivity index (χ0v) is 19.9. The Morgan fingerprint density at radius 3 is 2.31 bits per heavy atom. The van der Waals surface area contributed by atoms with E-state index in [9.17, 15) is 27.2 Å². The molecule has 0 bridgehead atoms. The molecule has 2 aromatic carbocycles. The molecule has 1 aliphatic rings. The lowest BCUT2D eigenvalue weighted by molar-refractivity contribution is -0.137. The van der Waals surface area contributed by atoms with Gasteiger partial charge in [-0.25, -0.2) is 4.39 Å². The van der Waals surface area contributed by atoms with E-state index >= 15 is 0 Å². The zero-order chi connectivity index (χ0) is 26.0. The van der Waals surface area contributed by atoms with Gasteiger partial charge in [0, 0.05) is 18.7 Å². The van der Waals surface area contributed by atoms with Gasteiger partial charge in [0.15, 0.2) is 5.75 Å². The summed E-state index contributed by atoms with van der Waals surface area (Å²) < 4.78 is 60.0. The lowest BCUT2D eigenvalue weighted by Crippen LogP contribution is -2.38. The van der Waals surface area contributed by atoms with Crippen molar-refractivity contribution in [1.29, 1.82) is 0 Å². The smallest absolute Gasteiger partial charge is 0.416 e. The molecule has 3 aromatic rings. The van der Waals surface area contributed by atoms with Gasteiger partial charge in [0.2, 0.25) is 0 Å². The Balaban J connectivity index is 1.61. The average Bonchev–Trinajstić information content (AvgIpc) is 2.85. The minimum absolute atomic E-state index is 0.0382. The fraction of sp³-hybridized carbons (Fsp3) is 0.333. The van der Waals surface area contributed by atoms with Crippen LogP contribution in [-0.4, -0.2) is 23.6 Å². The van der Waals surface area contributed by atoms with Crippen molar-refractivity contribution in [3.63, 3.8) is 0 Å². The summed E-state index contributed by atoms with van der Waals surface area (Å²) in [6, 6.07) is 13.3. The quantitative estimate of drug-likeness (QED) is 0.457. The van der Waals surface area contributed by atoms with Gasteiger partial charge in [-0.05, 0) is 61.4 Å². The Hall–Kier alpha value is -3.62. The number of amides is 1. The molecule has 0 unspecified atom stereocenters. The molecule has 5 nitrogen and oxygen atoms in total. The van der Waals surface area contributed by atoms with E-state index in [0.717, 1.165) is 42.4 Å². The van der Waals surface area contributed by atoms with Crippen molar-refractivity contribution in [2.75, 3.05) is 7.11 Å². The molecule has 0 radical (unpaired) electrons. The molecule has 1 saturated carbocycles. The van der Waals surface area contributed by atoms with Gasteiger partial charge in [0.1, 0.15) is 5.82 Å². The zero-order valence-electron chi connectivity index (χ0n) is 19.9. The number of nitrogens with zero attached hydrogens (tertiary/aromatic N) is 1. The van der Waals surface area contributed by atoms with Gasteiger partial charge >= 0.3 is 6.18 Å². The number of ether oxygens (including phenoxy) is 1. The summed E-state index contributed by atoms with van der Waals surface area (Å²) in [5.74, 6) is -1.50. The Morgan fingerprint density at radius 2 is 1.69 bits per heavy atom. The fourth-order valence-electron chi connectivity index (χ4n) is 4.78. The number of nitrogens with one attached hydrogen (secondary N) is 1. The highest BCUT2D eigenvalue weighted by Gasteiger charge is 2.32. The number of carbonyl (C=O) groups is 1. The van der Waals surface area contributed by atoms with E-state index < -0.39 is 29.0 Å². The van der Waals surface area contributed by atoms with Crippen LogP contribution in [0, 0.1) is 5.82 Å². The van der Waals surface area contributed by atoms with E-state index in [4.69, 9.17) is 4.74 Å². The topological polar surface area (TPSA) is 60.3 Å². The van der Waals surface area contributed by atoms with Crippen LogP contribution in [0.25, 0.3) is 11.3 Å². The summed E-state index contributed by atoms with van der Waals surface area (Å²) in [7, 11) is 2.56. The van der Waals surface area contributed by atoms with Crippen LogP contribution in [0.5, 0.6) is 5.75 Å². The first kappa shape index (κ1) is 25.5. The van der Waals surface area contributed by atoms with Gasteiger partial charge in [-0.15, -0.1) is 0 Å². The SMILES string of the molecule is COc1c(C(=O)N[C@H]2CC[C@@H](c3ccccc3)CC2)cc(-c2cc(F)cc(C(F)(F)F)c2)n(C)c1=O. The van der Waals surface area contributed by atoms with Gasteiger partial charge in [0.25, 0.3) is 11.5 Å². The maximum absolute atomic E-state index is 14.1. The molecule has 1 aliphatic carbocycles. The number of halogens is 4. The molecule has 1 heterocycles. The molecule has 0 saturated heterocycles. The predicted octanol–water partition coefficient (Wildman–Crippen LogP) is 5.68. The maximum atomic E-state index is 14.1. The van der Waals surface area contributed by atoms with E-state index in [2.05, 4.69) is 17.4 Å². The van der Waals surface area contributed by atoms with E-state index in [1.165, 1.54) is 25.8 Å². The molecular weight excluding hydrogens is 476 g/mol. The predicted molar refractivity (Wildman–Crippen MR) is 128 cm³/mol. The minimum atomic E-state index is -4.78. The number of methoxy groups -OCH3 is 1. The van der Waals surface area contributed by atoms with Crippen LogP contribution in [0.15, 0.2) is 59.4 Å². The summed E-state index contributed by atoms with van der Waals surface area (Å²) in [4.78, 5) is 26.1. The van der Waals surface area contributed by atoms with Gasteiger partial charge in [0.05, 0.1) is 23.9 Å². The molecule has 1 amide bonds. The van der Waals surface area contributed by atoms with Crippen molar-refractivity contribution in [3.8, 4) is 17.0 Å². The molecule has 190 valence electrons. The molecule has 1 aromatic heterocycles. The number of alkyl halides is 3. The molecule has 1 N–H and O–H groups in total. The summed E-state index contributed by atoms with van der Waals surface area (Å²) in [6.07, 6.45) is -1.52. The van der Waals surface area contributed by atoms with Crippen LogP contribution < -0.4 is 15.6 Å². The highest BCUT2D eigenvalue weighted by atomic mass is 19.4. The van der Waals surface area contributed by atoms with Gasteiger partial charge < -0.3 is 14.6 Å². The monoisotopic (exact) mass is 502 g/mol. The van der Waals surface area contributed by atoms with Crippen molar-refractivity contribution in [3.05, 3.63) is 87.5 Å². The Labute approximate surface area is 205 Å². The summed E-state index contributed by atoms with van der Waals surface area (Å²) in [5, 5.41) is 2.93. The van der Waals surface area contributed by atoms with Crippen molar-refractivity contribution in [2.24, 2.45) is 7.05 Å². The standard InChI is InChI=1S/C27H26F4N2O3/c1-33-23(18-12-19(27(29,30)31)14-20(28)13-18)15-22(24(36-2)26(33)35)25(34)32-21-10-8-17(9-11-21)16-6-4-3-5-7-16/h3-7,12-15,17,21H,8-11H2,1-2H3,(H,32,34)/t17-,21+. The summed E-state index contributed by atoms with van der Waals surface area (Å²) in [6.45, 7) is 0. The minimum Gasteiger partial charge on any atom is -0.491 e. The molecule has 4 rings (SSSR count). The summed E-state index contributed by atoms with van der Waals surface area (Å²) in [5.41, 5.74) is -0.981. The van der Waals surface area contributed by atoms with Gasteiger partial charge in [-0.1, -0.05) is 30.3 Å². The van der Waals surface area contributed by atoms with Crippen LogP contribution in [0.4, 0.5) is 17.6 Å². The van der Waals surface area contributed by atoms with Crippen molar-refractivity contribution in [1.82, 2.24) is 9.88 Å². The number of rotatable bonds is 5. The largest absolute Gasteiger partial charge is 0.491 e. The van der Waals surface area contributed by atoms with Crippen LogP contribution in [0.1, 0.15) is 53.1 Å². The summed E-state index contributed by atoms with van der Waals surface area (Å²) >= 11 is 0. The fourth-order valence-corrected chi connectivity index (χ4v) is 4.78. The number of hydrogen-bond acceptors (Lipinski definition) is 3. The van der Waals surface area contributed by atoms with Gasteiger partial charge in [-0.3, -0.25) is 9.59 Å². The number of pyridine rings is 1. The normalized spacial score (nSPS) is 18.1. The first-order chi connectivity index (χ1) is 17.1. The van der Waals surface area contributed by atoms with Crippen molar-refractivity contribution >= 4 is 5.91 Å². The lowest BCUT2D eigenvalue weighted by Gasteiger charge is -2.29. The second-order valence-corrected chi connectivity index (χ2v) is 9.00. The number of hydrogen-bond donors (Lipinski definition) is 1. The molecule has 0 atom stereocenters. The highest BCUT2D eigenvalue weighted by molar-refractivity contribution is 5.98. The van der Waals surface area contributed by atoms with E-state index in [-0.39, 0.29) is 28.6 Å². The number of carbonyl (C=O) groups excluding carboxylic acids is 1. The lowest BCUT2D eigenvalue weighted by atomic mass is 9.81. The molecular formula is C27H26F4N2O3. The van der Waals surface area contributed by atoms with Crippen LogP contribution in [0.2, 0.25) is 0 Å². The third-order valence-electron chi connectivity index (χ3n) is 6.69. The van der Waals surface area contributed by atoms with E-state index in [1.807, 2.05) is 18.2 Å². The molecule has 0 aliphatic heterocycles. The van der Waals surface area contributed by atoms with E-state index in [0.29, 0.717) is 12.0 Å². The maximum Gasteiger partial charge on any atom is 0.416 e. The molecule has 0 spiro atoms. The van der Waals surface area contributed by atoms with Crippen molar-refractivity contribution < 1.29 is 27.1 Å². The Morgan fingerprint density at radius 1 is 1.03 bits per heavy atom. The first-order valence-electron chi connectivity index (χ1n) is 11.6. The number of aromatic nitrogens is 1. The third kappa shape index (κ3) is 5.29. The first-order valence-corrected chi connectivity index (χ1v) is 11.6. The van der Waals surface area contributed by atoms with Crippen LogP contribution in [0.3, 0.4) is 0 Å². The van der Waals surface area contributed by atoms with Crippen molar-refractivity contribution in [2.45, 2.75) is 43.8 Å². The highest BCUT2D eigenvalue weighted by Crippen LogP contribution is 2.35. The Bertz CT molecular complexity index is 1310. The molecule has 36 heavy (non-hydrogen) atoms. The number of benzene rings is 2. The molecule has 9 heteroatoms. The second kappa shape index (κ2) is 10.2. The average molecular weight is 503 g/mol. The Kier molecular flexibility index (Phi) is 7.19. The molecule has 1 fully saturated rings. The van der Waals surface area contributed by atoms with Crippen LogP contribution >= 0.6 is 0 Å². The van der Waals surface area contributed by atoms with E-state index in [1.54, 1.807) is 0 Å². The van der Waals surface area contributed by atoms with Crippen LogP contribution in [-0.2, 0) is 13.2 Å². The second-order valence-electron chi connectivity index (χ2n) is 9.00. The third-order valence-corrected chi connectivity index (χ3v) is 6.69. The van der Waals surface area contributed by atoms with Gasteiger partial charge in [-0.2, -0.15) is 13.2 Å².